The fraction of sp³-hybridized carbons (Fsp3) is 0.455. The van der Waals surface area contributed by atoms with Crippen LogP contribution in [0, 0.1) is 0 Å². The van der Waals surface area contributed by atoms with Gasteiger partial charge in [0.15, 0.2) is 5.65 Å². The molecule has 2 N–H and O–H groups in total. The normalized spacial score (nSPS) is 10.9. The zero-order valence-corrected chi connectivity index (χ0v) is 9.58. The van der Waals surface area contributed by atoms with E-state index in [9.17, 15) is 0 Å². The van der Waals surface area contributed by atoms with Gasteiger partial charge in [0, 0.05) is 19.0 Å². The summed E-state index contributed by atoms with van der Waals surface area (Å²) in [5, 5.41) is 3.09. The molecule has 2 rings (SSSR count). The Hall–Kier alpha value is -1.62. The van der Waals surface area contributed by atoms with E-state index >= 15 is 0 Å². The van der Waals surface area contributed by atoms with E-state index in [-0.39, 0.29) is 0 Å². The quantitative estimate of drug-likeness (QED) is 0.792. The van der Waals surface area contributed by atoms with Crippen molar-refractivity contribution in [2.24, 2.45) is 0 Å². The Labute approximate surface area is 94.2 Å². The lowest BCUT2D eigenvalue weighted by atomic mass is 10.4. The molecule has 0 unspecified atom stereocenters. The topological polar surface area (TPSA) is 62.8 Å². The van der Waals surface area contributed by atoms with Gasteiger partial charge in [0.1, 0.15) is 5.82 Å². The third-order valence-corrected chi connectivity index (χ3v) is 2.27. The van der Waals surface area contributed by atoms with E-state index in [0.29, 0.717) is 12.5 Å². The molecule has 2 aromatic heterocycles. The van der Waals surface area contributed by atoms with Gasteiger partial charge < -0.3 is 15.0 Å². The second kappa shape index (κ2) is 4.94. The number of imidazole rings is 1. The van der Waals surface area contributed by atoms with E-state index in [1.807, 2.05) is 26.1 Å². The average Bonchev–Trinajstić information content (AvgIpc) is 2.68. The van der Waals surface area contributed by atoms with Crippen LogP contribution in [0.15, 0.2) is 12.1 Å². The molecule has 0 radical (unpaired) electrons. The van der Waals surface area contributed by atoms with Crippen LogP contribution in [0.4, 0.5) is 0 Å². The predicted octanol–water partition coefficient (Wildman–Crippen LogP) is 1.12. The molecule has 0 spiro atoms. The first-order valence-electron chi connectivity index (χ1n) is 5.46. The number of ether oxygens (including phenoxy) is 1. The summed E-state index contributed by atoms with van der Waals surface area (Å²) >= 11 is 0. The fourth-order valence-corrected chi connectivity index (χ4v) is 1.52. The number of aromatic amines is 1. The van der Waals surface area contributed by atoms with Crippen molar-refractivity contribution in [3.05, 3.63) is 18.0 Å². The van der Waals surface area contributed by atoms with Crippen molar-refractivity contribution in [1.29, 1.82) is 0 Å². The molecule has 2 heterocycles. The highest BCUT2D eigenvalue weighted by atomic mass is 16.5. The van der Waals surface area contributed by atoms with Gasteiger partial charge in [-0.05, 0) is 20.0 Å². The molecule has 16 heavy (non-hydrogen) atoms. The Kier molecular flexibility index (Phi) is 3.36. The summed E-state index contributed by atoms with van der Waals surface area (Å²) in [6, 6.07) is 3.80. The van der Waals surface area contributed by atoms with Gasteiger partial charge >= 0.3 is 0 Å². The monoisotopic (exact) mass is 220 g/mol. The molecule has 0 aliphatic carbocycles. The third kappa shape index (κ3) is 2.30. The lowest BCUT2D eigenvalue weighted by Gasteiger charge is -1.99. The molecule has 86 valence electrons. The molecule has 0 amide bonds. The minimum atomic E-state index is 0.621. The summed E-state index contributed by atoms with van der Waals surface area (Å²) in [6.07, 6.45) is 0.872. The van der Waals surface area contributed by atoms with Crippen molar-refractivity contribution < 1.29 is 4.74 Å². The highest BCUT2D eigenvalue weighted by Crippen LogP contribution is 2.14. The van der Waals surface area contributed by atoms with E-state index in [1.165, 1.54) is 0 Å². The van der Waals surface area contributed by atoms with Crippen molar-refractivity contribution in [2.75, 3.05) is 20.2 Å². The molecular weight excluding hydrogens is 204 g/mol. The Bertz CT molecular complexity index is 466. The minimum Gasteiger partial charge on any atom is -0.478 e. The summed E-state index contributed by atoms with van der Waals surface area (Å²) in [7, 11) is 1.92. The number of pyridine rings is 1. The van der Waals surface area contributed by atoms with Crippen LogP contribution in [0.1, 0.15) is 12.7 Å². The molecule has 0 aromatic carbocycles. The van der Waals surface area contributed by atoms with Crippen LogP contribution in [-0.2, 0) is 6.42 Å². The first kappa shape index (κ1) is 10.9. The number of rotatable bonds is 5. The van der Waals surface area contributed by atoms with Crippen LogP contribution >= 0.6 is 0 Å². The lowest BCUT2D eigenvalue weighted by molar-refractivity contribution is 0.328. The summed E-state index contributed by atoms with van der Waals surface area (Å²) in [5.74, 6) is 1.58. The van der Waals surface area contributed by atoms with Crippen molar-refractivity contribution >= 4 is 11.2 Å². The average molecular weight is 220 g/mol. The number of hydrogen-bond acceptors (Lipinski definition) is 4. The van der Waals surface area contributed by atoms with Gasteiger partial charge in [-0.15, -0.1) is 0 Å². The molecule has 0 aliphatic heterocycles. The second-order valence-corrected chi connectivity index (χ2v) is 3.49. The van der Waals surface area contributed by atoms with Gasteiger partial charge in [-0.3, -0.25) is 0 Å². The molecule has 5 heteroatoms. The van der Waals surface area contributed by atoms with Crippen LogP contribution in [0.5, 0.6) is 5.88 Å². The van der Waals surface area contributed by atoms with E-state index in [4.69, 9.17) is 4.74 Å². The molecule has 0 fully saturated rings. The van der Waals surface area contributed by atoms with Gasteiger partial charge in [-0.1, -0.05) is 0 Å². The van der Waals surface area contributed by atoms with Crippen molar-refractivity contribution in [1.82, 2.24) is 20.3 Å². The number of nitrogens with one attached hydrogen (secondary N) is 2. The Morgan fingerprint density at radius 2 is 2.25 bits per heavy atom. The molecule has 5 nitrogen and oxygen atoms in total. The van der Waals surface area contributed by atoms with Crippen LogP contribution in [0.25, 0.3) is 11.2 Å². The molecular formula is C11H16N4O. The lowest BCUT2D eigenvalue weighted by Crippen LogP contribution is -2.10. The molecule has 0 atom stereocenters. The summed E-state index contributed by atoms with van der Waals surface area (Å²) in [5.41, 5.74) is 1.67. The van der Waals surface area contributed by atoms with E-state index in [2.05, 4.69) is 20.3 Å². The standard InChI is InChI=1S/C11H16N4O/c1-3-16-10-5-4-8-11(15-10)14-9(13-8)6-7-12-2/h4-5,12H,3,6-7H2,1-2H3,(H,13,14,15). The van der Waals surface area contributed by atoms with Crippen LogP contribution < -0.4 is 10.1 Å². The molecule has 0 saturated heterocycles. The van der Waals surface area contributed by atoms with E-state index in [0.717, 1.165) is 30.0 Å². The predicted molar refractivity (Wildman–Crippen MR) is 62.7 cm³/mol. The fourth-order valence-electron chi connectivity index (χ4n) is 1.52. The minimum absolute atomic E-state index is 0.621. The van der Waals surface area contributed by atoms with Crippen LogP contribution in [0.2, 0.25) is 0 Å². The van der Waals surface area contributed by atoms with Crippen molar-refractivity contribution in [2.45, 2.75) is 13.3 Å². The first-order valence-corrected chi connectivity index (χ1v) is 5.46. The number of H-pyrrole nitrogens is 1. The highest BCUT2D eigenvalue weighted by molar-refractivity contribution is 5.71. The van der Waals surface area contributed by atoms with Crippen LogP contribution in [0.3, 0.4) is 0 Å². The first-order chi connectivity index (χ1) is 7.83. The highest BCUT2D eigenvalue weighted by Gasteiger charge is 2.04. The molecule has 2 aromatic rings. The summed E-state index contributed by atoms with van der Waals surface area (Å²) < 4.78 is 5.33. The zero-order chi connectivity index (χ0) is 11.4. The van der Waals surface area contributed by atoms with Gasteiger partial charge in [-0.25, -0.2) is 4.98 Å². The third-order valence-electron chi connectivity index (χ3n) is 2.27. The van der Waals surface area contributed by atoms with Crippen LogP contribution in [-0.4, -0.2) is 35.2 Å². The number of fused-ring (bicyclic) bond motifs is 1. The summed E-state index contributed by atoms with van der Waals surface area (Å²) in [6.45, 7) is 3.46. The Morgan fingerprint density at radius 3 is 3.00 bits per heavy atom. The summed E-state index contributed by atoms with van der Waals surface area (Å²) in [4.78, 5) is 11.9. The second-order valence-electron chi connectivity index (χ2n) is 3.49. The number of likely N-dealkylation sites (N-methyl/N-ethyl adjacent to an activating group) is 1. The smallest absolute Gasteiger partial charge is 0.215 e. The largest absolute Gasteiger partial charge is 0.478 e. The van der Waals surface area contributed by atoms with Crippen molar-refractivity contribution in [3.8, 4) is 5.88 Å². The van der Waals surface area contributed by atoms with E-state index in [1.54, 1.807) is 0 Å². The zero-order valence-electron chi connectivity index (χ0n) is 9.58. The maximum atomic E-state index is 5.33. The maximum absolute atomic E-state index is 5.33. The van der Waals surface area contributed by atoms with Gasteiger partial charge in [-0.2, -0.15) is 4.98 Å². The molecule has 0 saturated carbocycles. The number of nitrogens with zero attached hydrogens (tertiary/aromatic N) is 2. The SMILES string of the molecule is CCOc1ccc2[nH]c(CCNC)nc2n1. The molecule has 0 bridgehead atoms. The molecule has 0 aliphatic rings. The Morgan fingerprint density at radius 1 is 1.38 bits per heavy atom. The number of aromatic nitrogens is 3. The Balaban J connectivity index is 2.23. The maximum Gasteiger partial charge on any atom is 0.215 e. The van der Waals surface area contributed by atoms with Gasteiger partial charge in [0.25, 0.3) is 0 Å². The van der Waals surface area contributed by atoms with Gasteiger partial charge in [0.2, 0.25) is 5.88 Å². The number of hydrogen-bond donors (Lipinski definition) is 2. The van der Waals surface area contributed by atoms with E-state index < -0.39 is 0 Å². The van der Waals surface area contributed by atoms with Crippen molar-refractivity contribution in [3.63, 3.8) is 0 Å². The van der Waals surface area contributed by atoms with Gasteiger partial charge in [0.05, 0.1) is 12.1 Å².